The Hall–Kier alpha value is -3.27. The van der Waals surface area contributed by atoms with Crippen LogP contribution in [-0.4, -0.2) is 11.0 Å². The molecule has 1 aromatic heterocycles. The number of carbonyl (C=O) groups is 1. The fourth-order valence-corrected chi connectivity index (χ4v) is 2.90. The van der Waals surface area contributed by atoms with E-state index in [0.717, 1.165) is 12.1 Å². The third-order valence-corrected chi connectivity index (χ3v) is 4.32. The van der Waals surface area contributed by atoms with Crippen LogP contribution >= 0.6 is 0 Å². The molecule has 2 aromatic carbocycles. The number of anilines is 1. The van der Waals surface area contributed by atoms with Crippen LogP contribution in [-0.2, 0) is 19.0 Å². The number of aryl methyl sites for hydroxylation is 1. The zero-order valence-corrected chi connectivity index (χ0v) is 15.9. The van der Waals surface area contributed by atoms with E-state index in [1.807, 2.05) is 0 Å². The third kappa shape index (κ3) is 5.08. The summed E-state index contributed by atoms with van der Waals surface area (Å²) < 4.78 is 84.1. The van der Waals surface area contributed by atoms with Gasteiger partial charge in [0.25, 0.3) is 5.91 Å². The predicted molar refractivity (Wildman–Crippen MR) is 99.2 cm³/mol. The number of halogens is 6. The Kier molecular flexibility index (Phi) is 5.86. The Bertz CT molecular complexity index is 1100. The van der Waals surface area contributed by atoms with Gasteiger partial charge in [-0.3, -0.25) is 4.79 Å². The summed E-state index contributed by atoms with van der Waals surface area (Å²) in [5, 5.41) is 11.1. The molecule has 0 radical (unpaired) electrons. The van der Waals surface area contributed by atoms with Crippen LogP contribution in [0.2, 0.25) is 0 Å². The molecule has 0 atom stereocenters. The molecule has 3 rings (SSSR count). The number of aliphatic hydroxyl groups is 1. The number of carbonyl (C=O) groups excluding carboxylic acids is 1. The number of alkyl halides is 6. The molecule has 0 aliphatic rings. The highest BCUT2D eigenvalue weighted by Crippen LogP contribution is 2.38. The molecule has 0 spiro atoms. The van der Waals surface area contributed by atoms with Crippen LogP contribution in [0.5, 0.6) is 0 Å². The van der Waals surface area contributed by atoms with Crippen molar-refractivity contribution in [3.63, 3.8) is 0 Å². The van der Waals surface area contributed by atoms with Crippen LogP contribution in [0, 0.1) is 6.92 Å². The number of hydrogen-bond acceptors (Lipinski definition) is 3. The van der Waals surface area contributed by atoms with Crippen molar-refractivity contribution in [3.05, 3.63) is 76.5 Å². The summed E-state index contributed by atoms with van der Waals surface area (Å²) in [4.78, 5) is 12.5. The highest BCUT2D eigenvalue weighted by atomic mass is 19.4. The van der Waals surface area contributed by atoms with Gasteiger partial charge in [0.2, 0.25) is 5.76 Å². The quantitative estimate of drug-likeness (QED) is 0.484. The van der Waals surface area contributed by atoms with Gasteiger partial charge in [-0.2, -0.15) is 26.3 Å². The summed E-state index contributed by atoms with van der Waals surface area (Å²) in [5.41, 5.74) is -1.32. The second-order valence-corrected chi connectivity index (χ2v) is 6.75. The molecule has 0 saturated heterocycles. The van der Waals surface area contributed by atoms with E-state index in [9.17, 15) is 31.1 Å². The van der Waals surface area contributed by atoms with Crippen molar-refractivity contribution in [2.45, 2.75) is 25.9 Å². The Morgan fingerprint density at radius 1 is 0.968 bits per heavy atom. The minimum absolute atomic E-state index is 0.165. The second kappa shape index (κ2) is 8.10. The third-order valence-electron chi connectivity index (χ3n) is 4.32. The van der Waals surface area contributed by atoms with Crippen LogP contribution in [0.25, 0.3) is 11.3 Å². The Labute approximate surface area is 172 Å². The van der Waals surface area contributed by atoms with Crippen molar-refractivity contribution >= 4 is 11.6 Å². The van der Waals surface area contributed by atoms with E-state index in [1.54, 1.807) is 0 Å². The maximum atomic E-state index is 13.4. The molecule has 0 saturated carbocycles. The monoisotopic (exact) mass is 443 g/mol. The van der Waals surface area contributed by atoms with E-state index in [-0.39, 0.29) is 29.2 Å². The average molecular weight is 443 g/mol. The summed E-state index contributed by atoms with van der Waals surface area (Å²) in [6.07, 6.45) is -9.70. The van der Waals surface area contributed by atoms with Crippen LogP contribution in [0.4, 0.5) is 32.0 Å². The summed E-state index contributed by atoms with van der Waals surface area (Å²) >= 11 is 0. The normalized spacial score (nSPS) is 12.1. The van der Waals surface area contributed by atoms with Gasteiger partial charge in [0.15, 0.2) is 0 Å². The lowest BCUT2D eigenvalue weighted by molar-refractivity contribution is -0.153. The number of benzene rings is 2. The molecule has 0 bridgehead atoms. The summed E-state index contributed by atoms with van der Waals surface area (Å²) in [6, 6.07) is 9.30. The molecule has 0 aliphatic carbocycles. The molecule has 164 valence electrons. The van der Waals surface area contributed by atoms with Gasteiger partial charge in [-0.05, 0) is 42.3 Å². The largest absolute Gasteiger partial charge is 0.451 e. The maximum absolute atomic E-state index is 13.4. The number of nitrogens with one attached hydrogen (secondary N) is 1. The minimum Gasteiger partial charge on any atom is -0.451 e. The van der Waals surface area contributed by atoms with Gasteiger partial charge < -0.3 is 14.8 Å². The number of hydrogen-bond donors (Lipinski definition) is 2. The molecule has 10 heteroatoms. The number of aliphatic hydroxyl groups excluding tert-OH is 1. The average Bonchev–Trinajstić information content (AvgIpc) is 3.13. The van der Waals surface area contributed by atoms with Crippen molar-refractivity contribution in [2.24, 2.45) is 0 Å². The van der Waals surface area contributed by atoms with Gasteiger partial charge in [-0.25, -0.2) is 0 Å². The van der Waals surface area contributed by atoms with E-state index in [2.05, 4.69) is 5.32 Å². The fraction of sp³-hybridized carbons (Fsp3) is 0.190. The molecular formula is C21H15F6NO3. The first-order valence-corrected chi connectivity index (χ1v) is 8.80. The first-order valence-electron chi connectivity index (χ1n) is 8.80. The molecule has 1 heterocycles. The van der Waals surface area contributed by atoms with E-state index in [4.69, 9.17) is 9.52 Å². The standard InChI is InChI=1S/C21H15F6NO3/c1-11-6-14(20(22,23)24)8-15(7-11)28-19(30)16-9-17(31-18(16)21(25,26)27)13-4-2-12(10-29)3-5-13/h2-9,29H,10H2,1H3,(H,28,30). The first kappa shape index (κ1) is 22.4. The molecule has 4 nitrogen and oxygen atoms in total. The van der Waals surface area contributed by atoms with E-state index in [1.165, 1.54) is 37.3 Å². The zero-order valence-electron chi connectivity index (χ0n) is 15.9. The second-order valence-electron chi connectivity index (χ2n) is 6.75. The number of furan rings is 1. The topological polar surface area (TPSA) is 62.5 Å². The SMILES string of the molecule is Cc1cc(NC(=O)c2cc(-c3ccc(CO)cc3)oc2C(F)(F)F)cc(C(F)(F)F)c1. The number of amides is 1. The van der Waals surface area contributed by atoms with E-state index >= 15 is 0 Å². The summed E-state index contributed by atoms with van der Waals surface area (Å²) in [6.45, 7) is 1.09. The molecular weight excluding hydrogens is 428 g/mol. The number of rotatable bonds is 4. The van der Waals surface area contributed by atoms with Gasteiger partial charge in [0.1, 0.15) is 5.76 Å². The van der Waals surface area contributed by atoms with Crippen LogP contribution < -0.4 is 5.32 Å². The van der Waals surface area contributed by atoms with Gasteiger partial charge >= 0.3 is 12.4 Å². The van der Waals surface area contributed by atoms with Crippen LogP contribution in [0.3, 0.4) is 0 Å². The molecule has 31 heavy (non-hydrogen) atoms. The fourth-order valence-electron chi connectivity index (χ4n) is 2.90. The Morgan fingerprint density at radius 2 is 1.61 bits per heavy atom. The first-order chi connectivity index (χ1) is 14.4. The Balaban J connectivity index is 1.98. The molecule has 0 unspecified atom stereocenters. The molecule has 3 aromatic rings. The summed E-state index contributed by atoms with van der Waals surface area (Å²) in [7, 11) is 0. The van der Waals surface area contributed by atoms with E-state index in [0.29, 0.717) is 11.6 Å². The highest BCUT2D eigenvalue weighted by molar-refractivity contribution is 6.05. The smallest absolute Gasteiger partial charge is 0.450 e. The highest BCUT2D eigenvalue weighted by Gasteiger charge is 2.40. The lowest BCUT2D eigenvalue weighted by Crippen LogP contribution is -2.17. The van der Waals surface area contributed by atoms with Crippen LogP contribution in [0.15, 0.2) is 52.9 Å². The van der Waals surface area contributed by atoms with Crippen molar-refractivity contribution in [3.8, 4) is 11.3 Å². The molecule has 1 amide bonds. The van der Waals surface area contributed by atoms with Crippen molar-refractivity contribution in [1.29, 1.82) is 0 Å². The zero-order chi connectivity index (χ0) is 23.0. The van der Waals surface area contributed by atoms with E-state index < -0.39 is 35.1 Å². The maximum Gasteiger partial charge on any atom is 0.450 e. The van der Waals surface area contributed by atoms with Gasteiger partial charge in [0.05, 0.1) is 17.7 Å². The Morgan fingerprint density at radius 3 is 2.16 bits per heavy atom. The lowest BCUT2D eigenvalue weighted by Gasteiger charge is -2.12. The lowest BCUT2D eigenvalue weighted by atomic mass is 10.1. The van der Waals surface area contributed by atoms with Crippen molar-refractivity contribution in [1.82, 2.24) is 0 Å². The molecule has 0 fully saturated rings. The van der Waals surface area contributed by atoms with Crippen molar-refractivity contribution < 1.29 is 40.7 Å². The van der Waals surface area contributed by atoms with Gasteiger partial charge in [-0.15, -0.1) is 0 Å². The van der Waals surface area contributed by atoms with Crippen LogP contribution in [0.1, 0.15) is 32.8 Å². The predicted octanol–water partition coefficient (Wildman–Crippen LogP) is 6.04. The molecule has 2 N–H and O–H groups in total. The van der Waals surface area contributed by atoms with Crippen molar-refractivity contribution in [2.75, 3.05) is 5.32 Å². The van der Waals surface area contributed by atoms with Gasteiger partial charge in [0, 0.05) is 11.3 Å². The van der Waals surface area contributed by atoms with Gasteiger partial charge in [-0.1, -0.05) is 24.3 Å². The molecule has 0 aliphatic heterocycles. The minimum atomic E-state index is -5.01. The summed E-state index contributed by atoms with van der Waals surface area (Å²) in [5.74, 6) is -3.11.